The smallest absolute Gasteiger partial charge is 0.221 e. The Kier molecular flexibility index (Phi) is 4.80. The molecule has 20 heavy (non-hydrogen) atoms. The van der Waals surface area contributed by atoms with Gasteiger partial charge in [0, 0.05) is 23.3 Å². The Hall–Kier alpha value is -2.25. The van der Waals surface area contributed by atoms with Gasteiger partial charge in [0.15, 0.2) is 0 Å². The number of benzene rings is 2. The maximum Gasteiger partial charge on any atom is 0.221 e. The van der Waals surface area contributed by atoms with Gasteiger partial charge in [-0.2, -0.15) is 5.26 Å². The fraction of sp³-hybridized carbons (Fsp3) is 0.125. The van der Waals surface area contributed by atoms with Crippen LogP contribution in [0, 0.1) is 11.3 Å². The maximum atomic E-state index is 11.0. The molecule has 0 saturated heterocycles. The second kappa shape index (κ2) is 6.78. The van der Waals surface area contributed by atoms with Crippen molar-refractivity contribution in [2.45, 2.75) is 17.6 Å². The van der Waals surface area contributed by atoms with Gasteiger partial charge in [0.05, 0.1) is 11.6 Å². The zero-order valence-corrected chi connectivity index (χ0v) is 11.9. The van der Waals surface area contributed by atoms with Gasteiger partial charge in [-0.05, 0) is 35.9 Å². The highest BCUT2D eigenvalue weighted by Gasteiger charge is 2.00. The first kappa shape index (κ1) is 14.2. The van der Waals surface area contributed by atoms with E-state index in [0.29, 0.717) is 5.56 Å². The number of hydrogen-bond donors (Lipinski definition) is 1. The third-order valence-corrected chi connectivity index (χ3v) is 3.68. The zero-order chi connectivity index (χ0) is 14.4. The molecule has 100 valence electrons. The number of rotatable bonds is 4. The van der Waals surface area contributed by atoms with Crippen molar-refractivity contribution in [1.82, 2.24) is 0 Å². The Morgan fingerprint density at radius 3 is 2.80 bits per heavy atom. The van der Waals surface area contributed by atoms with Gasteiger partial charge >= 0.3 is 0 Å². The van der Waals surface area contributed by atoms with E-state index in [-0.39, 0.29) is 5.91 Å². The van der Waals surface area contributed by atoms with Crippen molar-refractivity contribution in [3.63, 3.8) is 0 Å². The molecule has 0 spiro atoms. The number of nitriles is 1. The lowest BCUT2D eigenvalue weighted by Crippen LogP contribution is -2.05. The van der Waals surface area contributed by atoms with E-state index in [2.05, 4.69) is 11.4 Å². The summed E-state index contributed by atoms with van der Waals surface area (Å²) in [5.41, 5.74) is 2.60. The summed E-state index contributed by atoms with van der Waals surface area (Å²) in [4.78, 5) is 12.1. The Bertz CT molecular complexity index is 662. The normalized spacial score (nSPS) is 9.80. The molecule has 2 rings (SSSR count). The molecule has 0 bridgehead atoms. The van der Waals surface area contributed by atoms with Crippen LogP contribution < -0.4 is 5.32 Å². The molecule has 0 fully saturated rings. The molecule has 2 aromatic rings. The average Bonchev–Trinajstić information content (AvgIpc) is 2.45. The van der Waals surface area contributed by atoms with E-state index < -0.39 is 0 Å². The maximum absolute atomic E-state index is 11.0. The van der Waals surface area contributed by atoms with Crippen LogP contribution in [0.2, 0.25) is 0 Å². The Balaban J connectivity index is 2.03. The molecule has 2 aromatic carbocycles. The predicted molar refractivity (Wildman–Crippen MR) is 81.5 cm³/mol. The molecule has 0 unspecified atom stereocenters. The van der Waals surface area contributed by atoms with Crippen molar-refractivity contribution >= 4 is 23.4 Å². The van der Waals surface area contributed by atoms with Crippen molar-refractivity contribution in [3.8, 4) is 6.07 Å². The Labute approximate surface area is 122 Å². The van der Waals surface area contributed by atoms with Crippen molar-refractivity contribution in [2.75, 3.05) is 5.32 Å². The Morgan fingerprint density at radius 1 is 1.25 bits per heavy atom. The molecular weight excluding hydrogens is 268 g/mol. The van der Waals surface area contributed by atoms with Crippen LogP contribution in [-0.2, 0) is 10.5 Å². The van der Waals surface area contributed by atoms with E-state index in [1.54, 1.807) is 17.8 Å². The molecule has 0 aromatic heterocycles. The molecule has 0 aliphatic rings. The average molecular weight is 282 g/mol. The van der Waals surface area contributed by atoms with E-state index in [1.165, 1.54) is 6.92 Å². The van der Waals surface area contributed by atoms with Crippen LogP contribution >= 0.6 is 11.8 Å². The van der Waals surface area contributed by atoms with Gasteiger partial charge in [-0.25, -0.2) is 0 Å². The summed E-state index contributed by atoms with van der Waals surface area (Å²) >= 11 is 1.67. The third-order valence-electron chi connectivity index (χ3n) is 2.62. The number of carbonyl (C=O) groups is 1. The van der Waals surface area contributed by atoms with Crippen LogP contribution in [0.15, 0.2) is 53.4 Å². The van der Waals surface area contributed by atoms with Crippen LogP contribution in [0.5, 0.6) is 0 Å². The lowest BCUT2D eigenvalue weighted by Gasteiger charge is -2.06. The van der Waals surface area contributed by atoms with Gasteiger partial charge in [-0.1, -0.05) is 18.2 Å². The van der Waals surface area contributed by atoms with Gasteiger partial charge in [-0.15, -0.1) is 11.8 Å². The molecule has 4 heteroatoms. The van der Waals surface area contributed by atoms with E-state index in [9.17, 15) is 4.79 Å². The molecule has 0 aliphatic carbocycles. The first-order chi connectivity index (χ1) is 9.67. The summed E-state index contributed by atoms with van der Waals surface area (Å²) in [6, 6.07) is 17.5. The molecule has 0 heterocycles. The number of anilines is 1. The first-order valence-electron chi connectivity index (χ1n) is 6.17. The lowest BCUT2D eigenvalue weighted by molar-refractivity contribution is -0.114. The summed E-state index contributed by atoms with van der Waals surface area (Å²) in [5.74, 6) is 0.721. The fourth-order valence-corrected chi connectivity index (χ4v) is 2.66. The molecule has 0 aliphatic heterocycles. The molecule has 0 atom stereocenters. The van der Waals surface area contributed by atoms with Gasteiger partial charge in [-0.3, -0.25) is 4.79 Å². The number of thioether (sulfide) groups is 1. The number of nitrogens with one attached hydrogen (secondary N) is 1. The van der Waals surface area contributed by atoms with Gasteiger partial charge in [0.2, 0.25) is 5.91 Å². The monoisotopic (exact) mass is 282 g/mol. The predicted octanol–water partition coefficient (Wildman–Crippen LogP) is 3.81. The van der Waals surface area contributed by atoms with E-state index in [1.807, 2.05) is 42.5 Å². The minimum Gasteiger partial charge on any atom is -0.326 e. The topological polar surface area (TPSA) is 52.9 Å². The van der Waals surface area contributed by atoms with Crippen LogP contribution in [0.4, 0.5) is 5.69 Å². The van der Waals surface area contributed by atoms with Gasteiger partial charge in [0.25, 0.3) is 0 Å². The number of carbonyl (C=O) groups excluding carboxylic acids is 1. The van der Waals surface area contributed by atoms with E-state index in [4.69, 9.17) is 5.26 Å². The fourth-order valence-electron chi connectivity index (χ4n) is 1.76. The van der Waals surface area contributed by atoms with Crippen LogP contribution in [-0.4, -0.2) is 5.91 Å². The number of nitrogens with zero attached hydrogens (tertiary/aromatic N) is 1. The number of amides is 1. The molecular formula is C16H14N2OS. The quantitative estimate of drug-likeness (QED) is 0.868. The van der Waals surface area contributed by atoms with Crippen LogP contribution in [0.3, 0.4) is 0 Å². The summed E-state index contributed by atoms with van der Waals surface area (Å²) in [7, 11) is 0. The van der Waals surface area contributed by atoms with Crippen LogP contribution in [0.1, 0.15) is 18.1 Å². The van der Waals surface area contributed by atoms with E-state index in [0.717, 1.165) is 21.9 Å². The highest BCUT2D eigenvalue weighted by molar-refractivity contribution is 7.98. The van der Waals surface area contributed by atoms with Crippen molar-refractivity contribution in [1.29, 1.82) is 5.26 Å². The minimum atomic E-state index is -0.0727. The number of hydrogen-bond acceptors (Lipinski definition) is 3. The van der Waals surface area contributed by atoms with Crippen LogP contribution in [0.25, 0.3) is 0 Å². The summed E-state index contributed by atoms with van der Waals surface area (Å²) in [5, 5.41) is 11.6. The van der Waals surface area contributed by atoms with Crippen molar-refractivity contribution in [3.05, 3.63) is 59.7 Å². The standard InChI is InChI=1S/C16H14N2OS/c1-12(19)18-15-6-2-5-14(8-15)11-20-16-7-3-4-13(9-16)10-17/h2-9H,11H2,1H3,(H,18,19). The molecule has 0 radical (unpaired) electrons. The minimum absolute atomic E-state index is 0.0727. The molecule has 3 nitrogen and oxygen atoms in total. The van der Waals surface area contributed by atoms with Gasteiger partial charge < -0.3 is 5.32 Å². The second-order valence-electron chi connectivity index (χ2n) is 4.31. The third kappa shape index (κ3) is 4.15. The molecule has 1 amide bonds. The SMILES string of the molecule is CC(=O)Nc1cccc(CSc2cccc(C#N)c2)c1. The summed E-state index contributed by atoms with van der Waals surface area (Å²) < 4.78 is 0. The van der Waals surface area contributed by atoms with Gasteiger partial charge in [0.1, 0.15) is 0 Å². The lowest BCUT2D eigenvalue weighted by atomic mass is 10.2. The molecule has 0 saturated carbocycles. The largest absolute Gasteiger partial charge is 0.326 e. The zero-order valence-electron chi connectivity index (χ0n) is 11.1. The highest BCUT2D eigenvalue weighted by atomic mass is 32.2. The molecule has 1 N–H and O–H groups in total. The van der Waals surface area contributed by atoms with Crippen molar-refractivity contribution in [2.24, 2.45) is 0 Å². The van der Waals surface area contributed by atoms with Crippen molar-refractivity contribution < 1.29 is 4.79 Å². The highest BCUT2D eigenvalue weighted by Crippen LogP contribution is 2.24. The van der Waals surface area contributed by atoms with E-state index >= 15 is 0 Å². The summed E-state index contributed by atoms with van der Waals surface area (Å²) in [6.07, 6.45) is 0. The second-order valence-corrected chi connectivity index (χ2v) is 5.36. The first-order valence-corrected chi connectivity index (χ1v) is 7.15. The summed E-state index contributed by atoms with van der Waals surface area (Å²) in [6.45, 7) is 1.49. The Morgan fingerprint density at radius 2 is 2.05 bits per heavy atom.